The maximum absolute atomic E-state index is 12.6. The van der Waals surface area contributed by atoms with Crippen LogP contribution in [-0.2, 0) is 9.53 Å². The molecule has 5 nitrogen and oxygen atoms in total. The summed E-state index contributed by atoms with van der Waals surface area (Å²) in [5, 5.41) is 4.32. The first kappa shape index (κ1) is 15.7. The fourth-order valence-corrected chi connectivity index (χ4v) is 3.87. The third kappa shape index (κ3) is 2.76. The van der Waals surface area contributed by atoms with Crippen molar-refractivity contribution in [3.8, 4) is 0 Å². The van der Waals surface area contributed by atoms with E-state index in [9.17, 15) is 4.79 Å². The maximum atomic E-state index is 12.6. The van der Waals surface area contributed by atoms with E-state index in [4.69, 9.17) is 9.15 Å². The molecule has 25 heavy (non-hydrogen) atoms. The highest BCUT2D eigenvalue weighted by molar-refractivity contribution is 6.00. The molecule has 2 atom stereocenters. The first-order valence-electron chi connectivity index (χ1n) is 8.49. The van der Waals surface area contributed by atoms with Crippen molar-refractivity contribution in [3.63, 3.8) is 0 Å². The number of nitrogens with zero attached hydrogens (tertiary/aromatic N) is 1. The highest BCUT2D eigenvalue weighted by Crippen LogP contribution is 2.55. The van der Waals surface area contributed by atoms with Crippen molar-refractivity contribution in [2.24, 2.45) is 10.5 Å². The molecule has 2 heterocycles. The molecule has 1 aromatic carbocycles. The molecule has 1 aliphatic carbocycles. The minimum absolute atomic E-state index is 0.241. The number of esters is 1. The van der Waals surface area contributed by atoms with E-state index in [0.717, 1.165) is 41.7 Å². The van der Waals surface area contributed by atoms with Crippen LogP contribution in [0.2, 0.25) is 0 Å². The summed E-state index contributed by atoms with van der Waals surface area (Å²) < 4.78 is 10.9. The number of furan rings is 1. The number of carbonyl (C=O) groups excluding carboxylic acids is 1. The van der Waals surface area contributed by atoms with Gasteiger partial charge < -0.3 is 9.15 Å². The van der Waals surface area contributed by atoms with E-state index in [2.05, 4.69) is 17.5 Å². The molecule has 0 unspecified atom stereocenters. The number of hydrazone groups is 1. The van der Waals surface area contributed by atoms with Gasteiger partial charge in [-0.3, -0.25) is 5.43 Å². The average molecular weight is 336 g/mol. The van der Waals surface area contributed by atoms with Gasteiger partial charge in [-0.25, -0.2) is 4.79 Å². The minimum Gasteiger partial charge on any atom is -0.472 e. The van der Waals surface area contributed by atoms with Gasteiger partial charge >= 0.3 is 5.97 Å². The molecule has 1 aromatic heterocycles. The van der Waals surface area contributed by atoms with Gasteiger partial charge in [0.25, 0.3) is 0 Å². The summed E-state index contributed by atoms with van der Waals surface area (Å²) in [5.74, 6) is -0.241. The lowest BCUT2D eigenvalue weighted by Crippen LogP contribution is -2.27. The third-order valence-corrected chi connectivity index (χ3v) is 5.08. The van der Waals surface area contributed by atoms with Crippen molar-refractivity contribution in [3.05, 3.63) is 65.6 Å². The van der Waals surface area contributed by atoms with E-state index >= 15 is 0 Å². The molecule has 128 valence electrons. The SMILES string of the molecule is C[C@@]12CCCC(/C=N/Nc3ccccc3)=C1C(=O)O[C@H]2c1ccoc1. The molecule has 1 saturated heterocycles. The smallest absolute Gasteiger partial charge is 0.335 e. The van der Waals surface area contributed by atoms with E-state index in [1.165, 1.54) is 0 Å². The molecule has 5 heteroatoms. The fraction of sp³-hybridized carbons (Fsp3) is 0.300. The number of cyclic esters (lactones) is 1. The summed E-state index contributed by atoms with van der Waals surface area (Å²) in [6, 6.07) is 11.6. The Labute approximate surface area is 146 Å². The number of fused-ring (bicyclic) bond motifs is 1. The number of hydrogen-bond acceptors (Lipinski definition) is 5. The predicted molar refractivity (Wildman–Crippen MR) is 95.1 cm³/mol. The molecule has 0 saturated carbocycles. The summed E-state index contributed by atoms with van der Waals surface area (Å²) in [5.41, 5.74) is 6.19. The van der Waals surface area contributed by atoms with Crippen molar-refractivity contribution < 1.29 is 13.9 Å². The molecule has 1 N–H and O–H groups in total. The topological polar surface area (TPSA) is 63.8 Å². The van der Waals surface area contributed by atoms with Crippen LogP contribution < -0.4 is 5.43 Å². The molecular formula is C20H20N2O3. The van der Waals surface area contributed by atoms with Gasteiger partial charge in [-0.2, -0.15) is 5.10 Å². The summed E-state index contributed by atoms with van der Waals surface area (Å²) in [6.45, 7) is 2.10. The molecular weight excluding hydrogens is 316 g/mol. The number of rotatable bonds is 4. The van der Waals surface area contributed by atoms with Crippen LogP contribution in [0.1, 0.15) is 37.9 Å². The Morgan fingerprint density at radius 2 is 2.12 bits per heavy atom. The lowest BCUT2D eigenvalue weighted by atomic mass is 9.68. The maximum Gasteiger partial charge on any atom is 0.335 e. The van der Waals surface area contributed by atoms with Crippen LogP contribution >= 0.6 is 0 Å². The van der Waals surface area contributed by atoms with Crippen LogP contribution in [0.15, 0.2) is 69.6 Å². The molecule has 0 radical (unpaired) electrons. The van der Waals surface area contributed by atoms with Crippen LogP contribution in [0.4, 0.5) is 5.69 Å². The van der Waals surface area contributed by atoms with Gasteiger partial charge in [-0.1, -0.05) is 25.1 Å². The van der Waals surface area contributed by atoms with Crippen LogP contribution in [0.5, 0.6) is 0 Å². The van der Waals surface area contributed by atoms with E-state index in [-0.39, 0.29) is 17.5 Å². The number of anilines is 1. The van der Waals surface area contributed by atoms with Crippen molar-refractivity contribution in [2.45, 2.75) is 32.3 Å². The summed E-state index contributed by atoms with van der Waals surface area (Å²) in [7, 11) is 0. The number of ether oxygens (including phenoxy) is 1. The molecule has 1 fully saturated rings. The van der Waals surface area contributed by atoms with Gasteiger partial charge in [0.15, 0.2) is 0 Å². The number of benzene rings is 1. The molecule has 0 bridgehead atoms. The average Bonchev–Trinajstić information content (AvgIpc) is 3.22. The van der Waals surface area contributed by atoms with E-state index < -0.39 is 0 Å². The zero-order valence-corrected chi connectivity index (χ0v) is 14.1. The van der Waals surface area contributed by atoms with Crippen LogP contribution in [0, 0.1) is 5.41 Å². The second kappa shape index (κ2) is 6.24. The van der Waals surface area contributed by atoms with Gasteiger partial charge in [0.1, 0.15) is 6.10 Å². The molecule has 1 aliphatic heterocycles. The van der Waals surface area contributed by atoms with Crippen molar-refractivity contribution >= 4 is 17.9 Å². The van der Waals surface area contributed by atoms with E-state index in [1.54, 1.807) is 18.7 Å². The Kier molecular flexibility index (Phi) is 3.92. The summed E-state index contributed by atoms with van der Waals surface area (Å²) >= 11 is 0. The van der Waals surface area contributed by atoms with Gasteiger partial charge in [-0.05, 0) is 43.0 Å². The fourth-order valence-electron chi connectivity index (χ4n) is 3.87. The third-order valence-electron chi connectivity index (χ3n) is 5.08. The summed E-state index contributed by atoms with van der Waals surface area (Å²) in [6.07, 6.45) is 7.48. The van der Waals surface area contributed by atoms with Gasteiger partial charge in [0.05, 0.1) is 30.0 Å². The number of nitrogens with one attached hydrogen (secondary N) is 1. The van der Waals surface area contributed by atoms with Crippen molar-refractivity contribution in [2.75, 3.05) is 5.43 Å². The second-order valence-electron chi connectivity index (χ2n) is 6.75. The second-order valence-corrected chi connectivity index (χ2v) is 6.75. The zero-order valence-electron chi connectivity index (χ0n) is 14.1. The van der Waals surface area contributed by atoms with Gasteiger partial charge in [-0.15, -0.1) is 0 Å². The standard InChI is InChI=1S/C20H20N2O3/c1-20-10-5-6-14(12-21-22-16-7-3-2-4-8-16)17(20)19(23)25-18(20)15-9-11-24-13-15/h2-4,7-9,11-13,18,22H,5-6,10H2,1H3/b21-12+/t18-,20+/m0/s1. The lowest BCUT2D eigenvalue weighted by molar-refractivity contribution is -0.140. The van der Waals surface area contributed by atoms with E-state index in [0.29, 0.717) is 0 Å². The predicted octanol–water partition coefficient (Wildman–Crippen LogP) is 4.46. The Morgan fingerprint density at radius 1 is 1.28 bits per heavy atom. The van der Waals surface area contributed by atoms with E-state index in [1.807, 2.05) is 36.4 Å². The monoisotopic (exact) mass is 336 g/mol. The highest BCUT2D eigenvalue weighted by Gasteiger charge is 2.53. The van der Waals surface area contributed by atoms with Crippen LogP contribution in [-0.4, -0.2) is 12.2 Å². The Morgan fingerprint density at radius 3 is 2.88 bits per heavy atom. The summed E-state index contributed by atoms with van der Waals surface area (Å²) in [4.78, 5) is 12.6. The Balaban J connectivity index is 1.63. The van der Waals surface area contributed by atoms with Crippen molar-refractivity contribution in [1.82, 2.24) is 0 Å². The molecule has 2 aliphatic rings. The lowest BCUT2D eigenvalue weighted by Gasteiger charge is -2.33. The van der Waals surface area contributed by atoms with Crippen LogP contribution in [0.25, 0.3) is 0 Å². The van der Waals surface area contributed by atoms with Gasteiger partial charge in [0, 0.05) is 11.0 Å². The largest absolute Gasteiger partial charge is 0.472 e. The normalized spacial score (nSPS) is 26.0. The molecule has 0 spiro atoms. The molecule has 4 rings (SSSR count). The number of carbonyl (C=O) groups is 1. The highest BCUT2D eigenvalue weighted by atomic mass is 16.6. The molecule has 0 amide bonds. The Hall–Kier alpha value is -2.82. The van der Waals surface area contributed by atoms with Crippen LogP contribution in [0.3, 0.4) is 0 Å². The quantitative estimate of drug-likeness (QED) is 0.508. The number of allylic oxidation sites excluding steroid dienone is 1. The minimum atomic E-state index is -0.340. The Bertz CT molecular complexity index is 824. The first-order valence-corrected chi connectivity index (χ1v) is 8.49. The number of para-hydroxylation sites is 1. The van der Waals surface area contributed by atoms with Gasteiger partial charge in [0.2, 0.25) is 0 Å². The number of hydrogen-bond donors (Lipinski definition) is 1. The first-order chi connectivity index (χ1) is 12.2. The zero-order chi connectivity index (χ0) is 17.3. The molecule has 2 aromatic rings. The van der Waals surface area contributed by atoms with Crippen molar-refractivity contribution in [1.29, 1.82) is 0 Å².